The van der Waals surface area contributed by atoms with Crippen molar-refractivity contribution in [1.82, 2.24) is 9.55 Å². The van der Waals surface area contributed by atoms with Gasteiger partial charge in [0.25, 0.3) is 0 Å². The Morgan fingerprint density at radius 3 is 1.89 bits per heavy atom. The van der Waals surface area contributed by atoms with E-state index in [1.807, 2.05) is 36.7 Å². The third-order valence-electron chi connectivity index (χ3n) is 6.76. The fourth-order valence-electron chi connectivity index (χ4n) is 4.93. The van der Waals surface area contributed by atoms with Crippen molar-refractivity contribution in [2.24, 2.45) is 0 Å². The van der Waals surface area contributed by atoms with Crippen LogP contribution in [0.1, 0.15) is 0 Å². The second kappa shape index (κ2) is 8.40. The van der Waals surface area contributed by atoms with Gasteiger partial charge >= 0.3 is 0 Å². The van der Waals surface area contributed by atoms with E-state index in [1.54, 1.807) is 0 Å². The zero-order valence-electron chi connectivity index (χ0n) is 19.5. The van der Waals surface area contributed by atoms with Crippen molar-refractivity contribution >= 4 is 21.9 Å². The minimum atomic E-state index is 0.861. The molecule has 0 atom stereocenters. The van der Waals surface area contributed by atoms with E-state index in [-0.39, 0.29) is 0 Å². The molecule has 170 valence electrons. The summed E-state index contributed by atoms with van der Waals surface area (Å²) >= 11 is 0. The first-order valence-electron chi connectivity index (χ1n) is 12.1. The van der Waals surface area contributed by atoms with Crippen LogP contribution in [0.3, 0.4) is 0 Å². The second-order valence-electron chi connectivity index (χ2n) is 8.89. The first-order valence-corrected chi connectivity index (χ1v) is 12.1. The van der Waals surface area contributed by atoms with Crippen LogP contribution in [0.5, 0.6) is 0 Å². The summed E-state index contributed by atoms with van der Waals surface area (Å²) in [4.78, 5) is 4.71. The minimum Gasteiger partial charge on any atom is -0.455 e. The molecule has 0 saturated heterocycles. The SMILES string of the molecule is c1ccc(-c2ccc(-c3ccc(-n4ccnc4-c4cccc5c4oc4ccccc45)cc3)cc2)cc1. The van der Waals surface area contributed by atoms with Gasteiger partial charge in [-0.25, -0.2) is 4.98 Å². The average molecular weight is 463 g/mol. The third-order valence-corrected chi connectivity index (χ3v) is 6.76. The van der Waals surface area contributed by atoms with Crippen LogP contribution >= 0.6 is 0 Å². The lowest BCUT2D eigenvalue weighted by molar-refractivity contribution is 0.669. The van der Waals surface area contributed by atoms with Gasteiger partial charge in [0.2, 0.25) is 0 Å². The molecule has 3 heteroatoms. The molecule has 3 nitrogen and oxygen atoms in total. The number of para-hydroxylation sites is 2. The molecule has 0 fully saturated rings. The van der Waals surface area contributed by atoms with E-state index in [0.29, 0.717) is 0 Å². The van der Waals surface area contributed by atoms with E-state index in [0.717, 1.165) is 39.0 Å². The molecular formula is C33H22N2O. The van der Waals surface area contributed by atoms with Crippen LogP contribution in [-0.4, -0.2) is 9.55 Å². The molecule has 0 amide bonds. The first kappa shape index (κ1) is 20.5. The van der Waals surface area contributed by atoms with Crippen LogP contribution in [0, 0.1) is 0 Å². The number of furan rings is 1. The zero-order chi connectivity index (χ0) is 23.9. The summed E-state index contributed by atoms with van der Waals surface area (Å²) in [6, 6.07) is 42.2. The Morgan fingerprint density at radius 1 is 0.528 bits per heavy atom. The van der Waals surface area contributed by atoms with E-state index in [9.17, 15) is 0 Å². The quantitative estimate of drug-likeness (QED) is 0.262. The number of hydrogen-bond donors (Lipinski definition) is 0. The largest absolute Gasteiger partial charge is 0.455 e. The number of fused-ring (bicyclic) bond motifs is 3. The summed E-state index contributed by atoms with van der Waals surface area (Å²) in [6.45, 7) is 0. The van der Waals surface area contributed by atoms with E-state index in [1.165, 1.54) is 22.3 Å². The summed E-state index contributed by atoms with van der Waals surface area (Å²) in [5.74, 6) is 0.861. The number of imidazole rings is 1. The van der Waals surface area contributed by atoms with Crippen molar-refractivity contribution in [2.45, 2.75) is 0 Å². The highest BCUT2D eigenvalue weighted by atomic mass is 16.3. The summed E-state index contributed by atoms with van der Waals surface area (Å²) in [6.07, 6.45) is 3.84. The van der Waals surface area contributed by atoms with Crippen LogP contribution in [0.15, 0.2) is 138 Å². The molecule has 36 heavy (non-hydrogen) atoms. The molecule has 0 aliphatic carbocycles. The topological polar surface area (TPSA) is 31.0 Å². The fraction of sp³-hybridized carbons (Fsp3) is 0. The molecular weight excluding hydrogens is 440 g/mol. The Morgan fingerprint density at radius 2 is 1.14 bits per heavy atom. The highest BCUT2D eigenvalue weighted by molar-refractivity contribution is 6.09. The number of nitrogens with zero attached hydrogens (tertiary/aromatic N) is 2. The highest BCUT2D eigenvalue weighted by Gasteiger charge is 2.16. The van der Waals surface area contributed by atoms with Gasteiger partial charge in [-0.2, -0.15) is 0 Å². The van der Waals surface area contributed by atoms with Gasteiger partial charge in [-0.15, -0.1) is 0 Å². The maximum Gasteiger partial charge on any atom is 0.148 e. The normalized spacial score (nSPS) is 11.3. The summed E-state index contributed by atoms with van der Waals surface area (Å²) in [5.41, 5.74) is 8.61. The van der Waals surface area contributed by atoms with Crippen molar-refractivity contribution in [2.75, 3.05) is 0 Å². The molecule has 0 aliphatic rings. The molecule has 0 spiro atoms. The summed E-state index contributed by atoms with van der Waals surface area (Å²) in [7, 11) is 0. The van der Waals surface area contributed by atoms with Gasteiger partial charge in [0.05, 0.1) is 5.56 Å². The number of benzene rings is 5. The smallest absolute Gasteiger partial charge is 0.148 e. The van der Waals surface area contributed by atoms with Gasteiger partial charge in [0.15, 0.2) is 0 Å². The van der Waals surface area contributed by atoms with Crippen LogP contribution in [0.2, 0.25) is 0 Å². The molecule has 0 saturated carbocycles. The van der Waals surface area contributed by atoms with Gasteiger partial charge < -0.3 is 4.42 Å². The first-order chi connectivity index (χ1) is 17.8. The summed E-state index contributed by atoms with van der Waals surface area (Å²) in [5, 5.41) is 2.22. The molecule has 0 bridgehead atoms. The number of rotatable bonds is 4. The van der Waals surface area contributed by atoms with Gasteiger partial charge in [-0.3, -0.25) is 4.57 Å². The molecule has 0 aliphatic heterocycles. The Hall–Kier alpha value is -4.89. The fourth-order valence-corrected chi connectivity index (χ4v) is 4.93. The van der Waals surface area contributed by atoms with Crippen LogP contribution in [-0.2, 0) is 0 Å². The molecule has 7 rings (SSSR count). The highest BCUT2D eigenvalue weighted by Crippen LogP contribution is 2.36. The molecule has 0 radical (unpaired) electrons. The minimum absolute atomic E-state index is 0.861. The molecule has 0 N–H and O–H groups in total. The van der Waals surface area contributed by atoms with Gasteiger partial charge in [0, 0.05) is 28.9 Å². The Kier molecular flexibility index (Phi) is 4.78. The van der Waals surface area contributed by atoms with Crippen molar-refractivity contribution in [3.8, 4) is 39.3 Å². The Balaban J connectivity index is 1.24. The molecule has 0 unspecified atom stereocenters. The molecule has 5 aromatic carbocycles. The Bertz CT molecular complexity index is 1810. The second-order valence-corrected chi connectivity index (χ2v) is 8.89. The monoisotopic (exact) mass is 462 g/mol. The van der Waals surface area contributed by atoms with Crippen LogP contribution < -0.4 is 0 Å². The van der Waals surface area contributed by atoms with Crippen molar-refractivity contribution in [1.29, 1.82) is 0 Å². The van der Waals surface area contributed by atoms with Gasteiger partial charge in [0.1, 0.15) is 17.0 Å². The molecule has 2 heterocycles. The predicted octanol–water partition coefficient (Wildman–Crippen LogP) is 8.77. The van der Waals surface area contributed by atoms with E-state index in [2.05, 4.69) is 102 Å². The van der Waals surface area contributed by atoms with E-state index < -0.39 is 0 Å². The predicted molar refractivity (Wildman–Crippen MR) is 147 cm³/mol. The lowest BCUT2D eigenvalue weighted by atomic mass is 10.0. The van der Waals surface area contributed by atoms with Crippen molar-refractivity contribution in [3.63, 3.8) is 0 Å². The maximum absolute atomic E-state index is 6.26. The van der Waals surface area contributed by atoms with Crippen LogP contribution in [0.25, 0.3) is 61.3 Å². The molecule has 2 aromatic heterocycles. The maximum atomic E-state index is 6.26. The Labute approximate surface area is 208 Å². The van der Waals surface area contributed by atoms with Gasteiger partial charge in [-0.1, -0.05) is 97.1 Å². The number of hydrogen-bond acceptors (Lipinski definition) is 2. The summed E-state index contributed by atoms with van der Waals surface area (Å²) < 4.78 is 8.38. The standard InChI is InChI=1S/C33H22N2O/c1-2-7-23(8-3-1)24-13-15-25(16-14-24)26-17-19-27(20-18-26)35-22-21-34-33(35)30-11-6-10-29-28-9-4-5-12-31(28)36-32(29)30/h1-22H. The third kappa shape index (κ3) is 3.41. The van der Waals surface area contributed by atoms with Crippen molar-refractivity contribution in [3.05, 3.63) is 134 Å². The van der Waals surface area contributed by atoms with Gasteiger partial charge in [-0.05, 0) is 46.5 Å². The lowest BCUT2D eigenvalue weighted by Crippen LogP contribution is -1.96. The van der Waals surface area contributed by atoms with E-state index >= 15 is 0 Å². The average Bonchev–Trinajstić information content (AvgIpc) is 3.59. The number of aromatic nitrogens is 2. The zero-order valence-corrected chi connectivity index (χ0v) is 19.5. The molecule has 7 aromatic rings. The lowest BCUT2D eigenvalue weighted by Gasteiger charge is -2.10. The van der Waals surface area contributed by atoms with Crippen LogP contribution in [0.4, 0.5) is 0 Å². The van der Waals surface area contributed by atoms with E-state index in [4.69, 9.17) is 9.40 Å². The van der Waals surface area contributed by atoms with Crippen molar-refractivity contribution < 1.29 is 4.42 Å².